The Morgan fingerprint density at radius 3 is 2.19 bits per heavy atom. The summed E-state index contributed by atoms with van der Waals surface area (Å²) in [6.07, 6.45) is 0. The van der Waals surface area contributed by atoms with Gasteiger partial charge in [-0.25, -0.2) is 0 Å². The molecule has 0 amide bonds. The van der Waals surface area contributed by atoms with Crippen molar-refractivity contribution >= 4 is 0 Å². The number of nitrogens with two attached hydrogens (primary N) is 1. The van der Waals surface area contributed by atoms with E-state index in [0.29, 0.717) is 6.61 Å². The summed E-state index contributed by atoms with van der Waals surface area (Å²) in [6.45, 7) is 2.38. The Hall–Kier alpha value is -2.20. The van der Waals surface area contributed by atoms with E-state index < -0.39 is 0 Å². The Morgan fingerprint density at radius 2 is 1.62 bits per heavy atom. The zero-order valence-electron chi connectivity index (χ0n) is 12.6. The first-order chi connectivity index (χ1) is 10.1. The minimum atomic E-state index is -0.0179. The van der Waals surface area contributed by atoms with Crippen LogP contribution in [0.1, 0.15) is 24.1 Å². The largest absolute Gasteiger partial charge is 0.497 e. The van der Waals surface area contributed by atoms with Crippen molar-refractivity contribution in [1.29, 1.82) is 0 Å². The van der Waals surface area contributed by atoms with Gasteiger partial charge < -0.3 is 19.9 Å². The Balaban J connectivity index is 2.12. The van der Waals surface area contributed by atoms with Crippen molar-refractivity contribution in [2.45, 2.75) is 19.6 Å². The van der Waals surface area contributed by atoms with Crippen LogP contribution in [0.3, 0.4) is 0 Å². The molecule has 0 aliphatic carbocycles. The summed E-state index contributed by atoms with van der Waals surface area (Å²) in [5.41, 5.74) is 7.95. The van der Waals surface area contributed by atoms with Gasteiger partial charge in [0.25, 0.3) is 0 Å². The highest BCUT2D eigenvalue weighted by atomic mass is 16.5. The van der Waals surface area contributed by atoms with E-state index in [2.05, 4.69) is 0 Å². The van der Waals surface area contributed by atoms with Gasteiger partial charge in [0.2, 0.25) is 0 Å². The molecule has 0 saturated carbocycles. The lowest BCUT2D eigenvalue weighted by Gasteiger charge is -2.14. The SMILES string of the molecule is COc1ccc(OCc2cc(C(C)N)ccc2OC)cc1. The highest BCUT2D eigenvalue weighted by molar-refractivity contribution is 5.38. The van der Waals surface area contributed by atoms with Crippen LogP contribution >= 0.6 is 0 Å². The quantitative estimate of drug-likeness (QED) is 0.885. The number of ether oxygens (including phenoxy) is 3. The molecular weight excluding hydrogens is 266 g/mol. The third kappa shape index (κ3) is 3.89. The van der Waals surface area contributed by atoms with Gasteiger partial charge in [-0.15, -0.1) is 0 Å². The molecule has 2 N–H and O–H groups in total. The molecule has 2 aromatic carbocycles. The predicted octanol–water partition coefficient (Wildman–Crippen LogP) is 3.30. The van der Waals surface area contributed by atoms with Crippen molar-refractivity contribution in [3.63, 3.8) is 0 Å². The Morgan fingerprint density at radius 1 is 0.952 bits per heavy atom. The average molecular weight is 287 g/mol. The average Bonchev–Trinajstić information content (AvgIpc) is 2.53. The molecule has 2 rings (SSSR count). The van der Waals surface area contributed by atoms with E-state index in [9.17, 15) is 0 Å². The maximum Gasteiger partial charge on any atom is 0.125 e. The van der Waals surface area contributed by atoms with Crippen molar-refractivity contribution in [3.8, 4) is 17.2 Å². The summed E-state index contributed by atoms with van der Waals surface area (Å²) < 4.78 is 16.3. The molecular formula is C17H21NO3. The zero-order valence-corrected chi connectivity index (χ0v) is 12.6. The van der Waals surface area contributed by atoms with E-state index in [1.807, 2.05) is 49.4 Å². The van der Waals surface area contributed by atoms with Crippen molar-refractivity contribution in [2.24, 2.45) is 5.73 Å². The van der Waals surface area contributed by atoms with E-state index in [0.717, 1.165) is 28.4 Å². The number of benzene rings is 2. The van der Waals surface area contributed by atoms with Gasteiger partial charge in [0, 0.05) is 11.6 Å². The molecule has 0 heterocycles. The van der Waals surface area contributed by atoms with Gasteiger partial charge in [-0.3, -0.25) is 0 Å². The summed E-state index contributed by atoms with van der Waals surface area (Å²) in [6, 6.07) is 13.4. The second-order valence-corrected chi connectivity index (χ2v) is 4.82. The molecule has 1 atom stereocenters. The number of methoxy groups -OCH3 is 2. The standard InChI is InChI=1S/C17H21NO3/c1-12(18)13-4-9-17(20-3)14(10-13)11-21-16-7-5-15(19-2)6-8-16/h4-10,12H,11,18H2,1-3H3. The van der Waals surface area contributed by atoms with E-state index in [1.165, 1.54) is 0 Å². The van der Waals surface area contributed by atoms with Crippen LogP contribution in [0.2, 0.25) is 0 Å². The number of hydrogen-bond donors (Lipinski definition) is 1. The monoisotopic (exact) mass is 287 g/mol. The fourth-order valence-corrected chi connectivity index (χ4v) is 2.03. The third-order valence-electron chi connectivity index (χ3n) is 3.28. The first kappa shape index (κ1) is 15.2. The highest BCUT2D eigenvalue weighted by Gasteiger charge is 2.08. The topological polar surface area (TPSA) is 53.7 Å². The molecule has 1 unspecified atom stereocenters. The lowest BCUT2D eigenvalue weighted by molar-refractivity contribution is 0.296. The first-order valence-corrected chi connectivity index (χ1v) is 6.83. The fraction of sp³-hybridized carbons (Fsp3) is 0.294. The van der Waals surface area contributed by atoms with Gasteiger partial charge in [0.1, 0.15) is 23.9 Å². The maximum atomic E-state index is 5.92. The van der Waals surface area contributed by atoms with Crippen molar-refractivity contribution in [3.05, 3.63) is 53.6 Å². The van der Waals surface area contributed by atoms with Crippen LogP contribution < -0.4 is 19.9 Å². The molecule has 21 heavy (non-hydrogen) atoms. The third-order valence-corrected chi connectivity index (χ3v) is 3.28. The van der Waals surface area contributed by atoms with Crippen LogP contribution in [0.4, 0.5) is 0 Å². The van der Waals surface area contributed by atoms with Crippen molar-refractivity contribution in [1.82, 2.24) is 0 Å². The van der Waals surface area contributed by atoms with Crippen LogP contribution in [0.15, 0.2) is 42.5 Å². The highest BCUT2D eigenvalue weighted by Crippen LogP contribution is 2.25. The van der Waals surface area contributed by atoms with Crippen LogP contribution in [0, 0.1) is 0 Å². The van der Waals surface area contributed by atoms with Gasteiger partial charge >= 0.3 is 0 Å². The molecule has 0 aliphatic heterocycles. The van der Waals surface area contributed by atoms with Gasteiger partial charge in [0.15, 0.2) is 0 Å². The summed E-state index contributed by atoms with van der Waals surface area (Å²) in [5.74, 6) is 2.39. The summed E-state index contributed by atoms with van der Waals surface area (Å²) in [5, 5.41) is 0. The minimum Gasteiger partial charge on any atom is -0.497 e. The molecule has 0 saturated heterocycles. The van der Waals surface area contributed by atoms with Crippen molar-refractivity contribution in [2.75, 3.05) is 14.2 Å². The Kier molecular flexibility index (Phi) is 5.06. The molecule has 0 bridgehead atoms. The normalized spacial score (nSPS) is 11.8. The van der Waals surface area contributed by atoms with Crippen molar-refractivity contribution < 1.29 is 14.2 Å². The first-order valence-electron chi connectivity index (χ1n) is 6.83. The predicted molar refractivity (Wildman–Crippen MR) is 82.9 cm³/mol. The van der Waals surface area contributed by atoms with Gasteiger partial charge in [-0.05, 0) is 48.9 Å². The van der Waals surface area contributed by atoms with E-state index >= 15 is 0 Å². The van der Waals surface area contributed by atoms with E-state index in [1.54, 1.807) is 14.2 Å². The number of rotatable bonds is 6. The van der Waals surface area contributed by atoms with Gasteiger partial charge in [0.05, 0.1) is 14.2 Å². The molecule has 0 fully saturated rings. The molecule has 2 aromatic rings. The smallest absolute Gasteiger partial charge is 0.125 e. The molecule has 112 valence electrons. The van der Waals surface area contributed by atoms with Crippen LogP contribution in [0.25, 0.3) is 0 Å². The van der Waals surface area contributed by atoms with Gasteiger partial charge in [-0.1, -0.05) is 6.07 Å². The summed E-state index contributed by atoms with van der Waals surface area (Å²) in [4.78, 5) is 0. The zero-order chi connectivity index (χ0) is 15.2. The van der Waals surface area contributed by atoms with E-state index in [4.69, 9.17) is 19.9 Å². The molecule has 0 aromatic heterocycles. The van der Waals surface area contributed by atoms with Crippen LogP contribution in [-0.4, -0.2) is 14.2 Å². The summed E-state index contributed by atoms with van der Waals surface area (Å²) in [7, 11) is 3.29. The second kappa shape index (κ2) is 6.99. The van der Waals surface area contributed by atoms with Crippen LogP contribution in [0.5, 0.6) is 17.2 Å². The van der Waals surface area contributed by atoms with E-state index in [-0.39, 0.29) is 6.04 Å². The Bertz CT molecular complexity index is 579. The number of hydrogen-bond acceptors (Lipinski definition) is 4. The van der Waals surface area contributed by atoms with Gasteiger partial charge in [-0.2, -0.15) is 0 Å². The molecule has 0 radical (unpaired) electrons. The van der Waals surface area contributed by atoms with Crippen LogP contribution in [-0.2, 0) is 6.61 Å². The lowest BCUT2D eigenvalue weighted by atomic mass is 10.1. The molecule has 0 aliphatic rings. The maximum absolute atomic E-state index is 5.92. The minimum absolute atomic E-state index is 0.0179. The second-order valence-electron chi connectivity index (χ2n) is 4.82. The molecule has 4 nitrogen and oxygen atoms in total. The Labute approximate surface area is 125 Å². The molecule has 4 heteroatoms. The summed E-state index contributed by atoms with van der Waals surface area (Å²) >= 11 is 0. The molecule has 0 spiro atoms. The fourth-order valence-electron chi connectivity index (χ4n) is 2.03. The lowest BCUT2D eigenvalue weighted by Crippen LogP contribution is -2.07.